The number of carboxylic acid groups (broad SMARTS) is 1. The van der Waals surface area contributed by atoms with Gasteiger partial charge in [-0.25, -0.2) is 36.8 Å². The Hall–Kier alpha value is -4.46. The molecule has 43 heavy (non-hydrogen) atoms. The van der Waals surface area contributed by atoms with Crippen LogP contribution in [0.5, 0.6) is 5.75 Å². The van der Waals surface area contributed by atoms with Crippen LogP contribution in [0, 0.1) is 11.6 Å². The van der Waals surface area contributed by atoms with E-state index in [-0.39, 0.29) is 18.0 Å². The second-order valence-electron chi connectivity index (χ2n) is 10.1. The number of benzene rings is 3. The van der Waals surface area contributed by atoms with Gasteiger partial charge < -0.3 is 9.84 Å². The van der Waals surface area contributed by atoms with E-state index in [1.807, 2.05) is 0 Å². The molecule has 0 saturated heterocycles. The minimum Gasteiger partial charge on any atom is -0.497 e. The zero-order chi connectivity index (χ0) is 30.5. The zero-order valence-electron chi connectivity index (χ0n) is 22.6. The third-order valence-corrected chi connectivity index (χ3v) is 8.94. The molecule has 0 atom stereocenters. The minimum atomic E-state index is -4.25. The standard InChI is InChI=1S/C30H24F2N4O5S2/c1-41-20-4-2-3-18(13-20)21-14-19(8-9-23(21)31)27-22(11-16-5-10-26(24(32)12-16)43(33,39)40)28(17-6-7-17)36(35-27)30-34-25(15-42-30)29(37)38/h2-5,8-10,12-15,17H,6-7,11H2,1H3,(H,37,38)(H2,33,39,40). The van der Waals surface area contributed by atoms with Crippen LogP contribution in [0.3, 0.4) is 0 Å². The summed E-state index contributed by atoms with van der Waals surface area (Å²) in [7, 11) is -2.73. The van der Waals surface area contributed by atoms with Gasteiger partial charge in [-0.2, -0.15) is 5.10 Å². The highest BCUT2D eigenvalue weighted by molar-refractivity contribution is 7.89. The number of carbonyl (C=O) groups is 1. The van der Waals surface area contributed by atoms with Crippen molar-refractivity contribution in [2.45, 2.75) is 30.1 Å². The molecule has 0 unspecified atom stereocenters. The Morgan fingerprint density at radius 1 is 1.09 bits per heavy atom. The molecule has 0 bridgehead atoms. The first kappa shape index (κ1) is 28.6. The Morgan fingerprint density at radius 3 is 2.53 bits per heavy atom. The van der Waals surface area contributed by atoms with Crippen molar-refractivity contribution in [3.63, 3.8) is 0 Å². The van der Waals surface area contributed by atoms with Crippen molar-refractivity contribution < 1.29 is 31.8 Å². The lowest BCUT2D eigenvalue weighted by Gasteiger charge is -2.11. The predicted molar refractivity (Wildman–Crippen MR) is 156 cm³/mol. The van der Waals surface area contributed by atoms with Gasteiger partial charge in [0.25, 0.3) is 0 Å². The molecule has 1 aliphatic carbocycles. The van der Waals surface area contributed by atoms with E-state index in [1.165, 1.54) is 24.6 Å². The number of nitrogens with two attached hydrogens (primary N) is 1. The van der Waals surface area contributed by atoms with Crippen molar-refractivity contribution >= 4 is 27.3 Å². The highest BCUT2D eigenvalue weighted by Gasteiger charge is 2.34. The third kappa shape index (κ3) is 5.66. The lowest BCUT2D eigenvalue weighted by atomic mass is 9.95. The normalized spacial score (nSPS) is 13.3. The van der Waals surface area contributed by atoms with E-state index < -0.39 is 32.5 Å². The van der Waals surface area contributed by atoms with Crippen LogP contribution in [0.1, 0.15) is 46.1 Å². The molecular formula is C30H24F2N4O5S2. The molecule has 1 saturated carbocycles. The Kier molecular flexibility index (Phi) is 7.32. The monoisotopic (exact) mass is 622 g/mol. The minimum absolute atomic E-state index is 0.0836. The molecule has 220 valence electrons. The van der Waals surface area contributed by atoms with E-state index in [2.05, 4.69) is 4.98 Å². The van der Waals surface area contributed by atoms with Crippen molar-refractivity contribution in [3.05, 3.63) is 100 Å². The van der Waals surface area contributed by atoms with Gasteiger partial charge in [0.15, 0.2) is 5.69 Å². The van der Waals surface area contributed by atoms with E-state index in [9.17, 15) is 22.7 Å². The SMILES string of the molecule is COc1cccc(-c2cc(-c3nn(-c4nc(C(=O)O)cs4)c(C4CC4)c3Cc3ccc(S(N)(=O)=O)c(F)c3)ccc2F)c1. The second-order valence-corrected chi connectivity index (χ2v) is 12.5. The molecule has 2 heterocycles. The highest BCUT2D eigenvalue weighted by atomic mass is 32.2. The van der Waals surface area contributed by atoms with Gasteiger partial charge in [0.05, 0.1) is 18.5 Å². The fourth-order valence-electron chi connectivity index (χ4n) is 5.02. The maximum atomic E-state index is 15.2. The first-order valence-electron chi connectivity index (χ1n) is 13.1. The Labute approximate surface area is 249 Å². The third-order valence-electron chi connectivity index (χ3n) is 7.18. The van der Waals surface area contributed by atoms with Gasteiger partial charge in [-0.3, -0.25) is 0 Å². The fraction of sp³-hybridized carbons (Fsp3) is 0.167. The zero-order valence-corrected chi connectivity index (χ0v) is 24.3. The molecule has 2 aromatic heterocycles. The van der Waals surface area contributed by atoms with Crippen LogP contribution in [-0.2, 0) is 16.4 Å². The molecule has 0 radical (unpaired) electrons. The molecular weight excluding hydrogens is 598 g/mol. The molecule has 1 fully saturated rings. The molecule has 1 aliphatic rings. The average molecular weight is 623 g/mol. The van der Waals surface area contributed by atoms with E-state index in [1.54, 1.807) is 41.1 Å². The topological polar surface area (TPSA) is 137 Å². The van der Waals surface area contributed by atoms with E-state index in [0.29, 0.717) is 44.4 Å². The number of ether oxygens (including phenoxy) is 1. The summed E-state index contributed by atoms with van der Waals surface area (Å²) in [5, 5.41) is 21.3. The van der Waals surface area contributed by atoms with Gasteiger partial charge >= 0.3 is 5.97 Å². The van der Waals surface area contributed by atoms with Crippen LogP contribution in [0.4, 0.5) is 8.78 Å². The smallest absolute Gasteiger partial charge is 0.355 e. The van der Waals surface area contributed by atoms with Gasteiger partial charge in [-0.05, 0) is 66.4 Å². The molecule has 0 spiro atoms. The number of primary sulfonamides is 1. The highest BCUT2D eigenvalue weighted by Crippen LogP contribution is 2.46. The second kappa shape index (κ2) is 11.0. The summed E-state index contributed by atoms with van der Waals surface area (Å²) >= 11 is 1.12. The van der Waals surface area contributed by atoms with Gasteiger partial charge in [-0.15, -0.1) is 11.3 Å². The van der Waals surface area contributed by atoms with Gasteiger partial charge in [0.2, 0.25) is 15.2 Å². The summed E-state index contributed by atoms with van der Waals surface area (Å²) < 4.78 is 60.5. The summed E-state index contributed by atoms with van der Waals surface area (Å²) in [5.74, 6) is -1.95. The number of rotatable bonds is 9. The molecule has 6 rings (SSSR count). The lowest BCUT2D eigenvalue weighted by Crippen LogP contribution is -2.14. The van der Waals surface area contributed by atoms with Crippen molar-refractivity contribution in [1.82, 2.24) is 14.8 Å². The van der Waals surface area contributed by atoms with Crippen LogP contribution in [0.2, 0.25) is 0 Å². The van der Waals surface area contributed by atoms with Crippen molar-refractivity contribution in [3.8, 4) is 33.3 Å². The number of sulfonamides is 1. The van der Waals surface area contributed by atoms with E-state index in [4.69, 9.17) is 15.0 Å². The fourth-order valence-corrected chi connectivity index (χ4v) is 6.37. The quantitative estimate of drug-likeness (QED) is 0.213. The largest absolute Gasteiger partial charge is 0.497 e. The Balaban J connectivity index is 1.54. The molecule has 13 heteroatoms. The number of methoxy groups -OCH3 is 1. The van der Waals surface area contributed by atoms with Crippen LogP contribution in [0.15, 0.2) is 70.9 Å². The first-order valence-corrected chi connectivity index (χ1v) is 15.5. The number of aromatic carboxylic acids is 1. The van der Waals surface area contributed by atoms with E-state index >= 15 is 4.39 Å². The maximum Gasteiger partial charge on any atom is 0.355 e. The summed E-state index contributed by atoms with van der Waals surface area (Å²) in [6.45, 7) is 0. The van der Waals surface area contributed by atoms with Crippen molar-refractivity contribution in [1.29, 1.82) is 0 Å². The van der Waals surface area contributed by atoms with Crippen molar-refractivity contribution in [2.75, 3.05) is 7.11 Å². The Bertz CT molecular complexity index is 2000. The number of hydrogen-bond acceptors (Lipinski definition) is 7. The number of thiazole rings is 1. The van der Waals surface area contributed by atoms with Crippen LogP contribution in [-0.4, -0.2) is 41.4 Å². The van der Waals surface area contributed by atoms with Crippen LogP contribution < -0.4 is 9.88 Å². The molecule has 9 nitrogen and oxygen atoms in total. The number of nitrogens with zero attached hydrogens (tertiary/aromatic N) is 3. The molecule has 5 aromatic rings. The summed E-state index contributed by atoms with van der Waals surface area (Å²) in [6.07, 6.45) is 1.87. The van der Waals surface area contributed by atoms with Gasteiger partial charge in [-0.1, -0.05) is 18.2 Å². The molecule has 0 aliphatic heterocycles. The number of aromatic nitrogens is 3. The first-order chi connectivity index (χ1) is 20.5. The van der Waals surface area contributed by atoms with Crippen LogP contribution in [0.25, 0.3) is 27.5 Å². The summed E-state index contributed by atoms with van der Waals surface area (Å²) in [6, 6.07) is 15.3. The maximum absolute atomic E-state index is 15.2. The Morgan fingerprint density at radius 2 is 1.88 bits per heavy atom. The average Bonchev–Trinajstić information content (AvgIpc) is 3.55. The van der Waals surface area contributed by atoms with E-state index in [0.717, 1.165) is 42.0 Å². The molecule has 0 amide bonds. The number of halogens is 2. The van der Waals surface area contributed by atoms with Crippen molar-refractivity contribution in [2.24, 2.45) is 5.14 Å². The lowest BCUT2D eigenvalue weighted by molar-refractivity contribution is 0.0691. The van der Waals surface area contributed by atoms with Gasteiger partial charge in [0.1, 0.15) is 22.3 Å². The van der Waals surface area contributed by atoms with Gasteiger partial charge in [0, 0.05) is 34.4 Å². The number of carboxylic acids is 1. The van der Waals surface area contributed by atoms with Crippen LogP contribution >= 0.6 is 11.3 Å². The number of hydrogen-bond donors (Lipinski definition) is 2. The summed E-state index contributed by atoms with van der Waals surface area (Å²) in [5.41, 5.74) is 3.80. The molecule has 3 N–H and O–H groups in total. The molecule has 3 aromatic carbocycles. The predicted octanol–water partition coefficient (Wildman–Crippen LogP) is 5.76. The summed E-state index contributed by atoms with van der Waals surface area (Å²) in [4.78, 5) is 15.2.